The molecule has 0 aliphatic rings. The Morgan fingerprint density at radius 2 is 1.95 bits per heavy atom. The number of anilines is 2. The summed E-state index contributed by atoms with van der Waals surface area (Å²) in [6.45, 7) is 1.92. The van der Waals surface area contributed by atoms with Crippen molar-refractivity contribution >= 4 is 50.6 Å². The van der Waals surface area contributed by atoms with Crippen LogP contribution in [-0.2, 0) is 0 Å². The molecule has 0 fully saturated rings. The Labute approximate surface area is 130 Å². The first kappa shape index (κ1) is 14.4. The zero-order valence-corrected chi connectivity index (χ0v) is 13.4. The molecule has 0 atom stereocenters. The Hall–Kier alpha value is -0.970. The number of halogens is 3. The zero-order chi connectivity index (χ0) is 14.0. The highest BCUT2D eigenvalue weighted by molar-refractivity contribution is 9.10. The van der Waals surface area contributed by atoms with Crippen LogP contribution in [0.3, 0.4) is 0 Å². The van der Waals surface area contributed by atoms with Crippen molar-refractivity contribution in [1.82, 2.24) is 4.98 Å². The normalized spacial score (nSPS) is 10.4. The molecule has 3 nitrogen and oxygen atoms in total. The van der Waals surface area contributed by atoms with Gasteiger partial charge in [0.05, 0.1) is 17.8 Å². The molecule has 1 aromatic carbocycles. The van der Waals surface area contributed by atoms with Crippen LogP contribution < -0.4 is 10.1 Å². The number of aryl methyl sites for hydroxylation is 1. The van der Waals surface area contributed by atoms with Crippen LogP contribution in [0.25, 0.3) is 0 Å². The van der Waals surface area contributed by atoms with Gasteiger partial charge in [-0.3, -0.25) is 0 Å². The van der Waals surface area contributed by atoms with Gasteiger partial charge in [0.15, 0.2) is 0 Å². The number of pyridine rings is 1. The first-order valence-corrected chi connectivity index (χ1v) is 6.98. The quantitative estimate of drug-likeness (QED) is 0.814. The van der Waals surface area contributed by atoms with Gasteiger partial charge < -0.3 is 10.1 Å². The highest BCUT2D eigenvalue weighted by Gasteiger charge is 2.10. The van der Waals surface area contributed by atoms with E-state index in [1.54, 1.807) is 25.4 Å². The number of nitrogens with one attached hydrogen (secondary N) is 1. The van der Waals surface area contributed by atoms with Crippen molar-refractivity contribution in [3.05, 3.63) is 44.5 Å². The van der Waals surface area contributed by atoms with Crippen LogP contribution in [0.4, 0.5) is 11.5 Å². The van der Waals surface area contributed by atoms with Gasteiger partial charge in [0.2, 0.25) is 0 Å². The summed E-state index contributed by atoms with van der Waals surface area (Å²) in [5.74, 6) is 1.20. The van der Waals surface area contributed by atoms with Crippen LogP contribution in [0.2, 0.25) is 10.0 Å². The minimum Gasteiger partial charge on any atom is -0.495 e. The summed E-state index contributed by atoms with van der Waals surface area (Å²) >= 11 is 15.5. The van der Waals surface area contributed by atoms with Crippen LogP contribution in [0.1, 0.15) is 5.56 Å². The van der Waals surface area contributed by atoms with E-state index in [0.717, 1.165) is 15.7 Å². The van der Waals surface area contributed by atoms with Crippen molar-refractivity contribution in [3.63, 3.8) is 0 Å². The molecule has 100 valence electrons. The fraction of sp³-hybridized carbons (Fsp3) is 0.154. The van der Waals surface area contributed by atoms with Crippen molar-refractivity contribution < 1.29 is 4.74 Å². The Morgan fingerprint density at radius 1 is 1.21 bits per heavy atom. The molecule has 2 aromatic rings. The predicted octanol–water partition coefficient (Wildman–Crippen LogP) is 5.21. The molecule has 0 saturated heterocycles. The van der Waals surface area contributed by atoms with Gasteiger partial charge in [0.1, 0.15) is 11.6 Å². The smallest absolute Gasteiger partial charge is 0.149 e. The van der Waals surface area contributed by atoms with E-state index in [1.165, 1.54) is 0 Å². The number of hydrogen-bond acceptors (Lipinski definition) is 3. The van der Waals surface area contributed by atoms with Crippen LogP contribution in [0.15, 0.2) is 28.9 Å². The maximum absolute atomic E-state index is 6.12. The molecule has 1 N–H and O–H groups in total. The Bertz CT molecular complexity index is 620. The number of methoxy groups -OCH3 is 1. The minimum atomic E-state index is 0.518. The molecule has 0 unspecified atom stereocenters. The van der Waals surface area contributed by atoms with Gasteiger partial charge in [-0.15, -0.1) is 0 Å². The molecule has 0 saturated carbocycles. The Kier molecular flexibility index (Phi) is 4.55. The molecular weight excluding hydrogens is 351 g/mol. The van der Waals surface area contributed by atoms with Gasteiger partial charge in [-0.05, 0) is 40.5 Å². The topological polar surface area (TPSA) is 34.1 Å². The highest BCUT2D eigenvalue weighted by Crippen LogP contribution is 2.34. The van der Waals surface area contributed by atoms with E-state index in [0.29, 0.717) is 21.6 Å². The average molecular weight is 362 g/mol. The second-order valence-electron chi connectivity index (χ2n) is 3.91. The Morgan fingerprint density at radius 3 is 2.58 bits per heavy atom. The molecule has 0 radical (unpaired) electrons. The molecule has 1 heterocycles. The summed E-state index contributed by atoms with van der Waals surface area (Å²) in [4.78, 5) is 4.22. The van der Waals surface area contributed by atoms with Crippen molar-refractivity contribution in [2.45, 2.75) is 6.92 Å². The largest absolute Gasteiger partial charge is 0.495 e. The molecule has 6 heteroatoms. The second-order valence-corrected chi connectivity index (χ2v) is 5.64. The fourth-order valence-corrected chi connectivity index (χ4v) is 2.39. The van der Waals surface area contributed by atoms with E-state index in [2.05, 4.69) is 26.2 Å². The van der Waals surface area contributed by atoms with Gasteiger partial charge in [-0.2, -0.15) is 0 Å². The number of ether oxygens (including phenoxy) is 1. The summed E-state index contributed by atoms with van der Waals surface area (Å²) in [6.07, 6.45) is 1.67. The van der Waals surface area contributed by atoms with Crippen LogP contribution in [-0.4, -0.2) is 12.1 Å². The van der Waals surface area contributed by atoms with Crippen LogP contribution >= 0.6 is 39.1 Å². The van der Waals surface area contributed by atoms with Gasteiger partial charge in [0.25, 0.3) is 0 Å². The van der Waals surface area contributed by atoms with Crippen LogP contribution in [0, 0.1) is 6.92 Å². The fourth-order valence-electron chi connectivity index (χ4n) is 1.56. The summed E-state index contributed by atoms with van der Waals surface area (Å²) in [6, 6.07) is 5.42. The molecule has 0 aliphatic heterocycles. The van der Waals surface area contributed by atoms with Crippen molar-refractivity contribution in [1.29, 1.82) is 0 Å². The SMILES string of the molecule is COc1cc(Cl)c(C)cc1Nc1ncc(Br)cc1Cl. The summed E-state index contributed by atoms with van der Waals surface area (Å²) in [7, 11) is 1.59. The second kappa shape index (κ2) is 5.99. The van der Waals surface area contributed by atoms with Crippen LogP contribution in [0.5, 0.6) is 5.75 Å². The molecular formula is C13H11BrCl2N2O. The molecule has 0 amide bonds. The van der Waals surface area contributed by atoms with Gasteiger partial charge in [-0.25, -0.2) is 4.98 Å². The molecule has 0 spiro atoms. The first-order chi connectivity index (χ1) is 9.01. The lowest BCUT2D eigenvalue weighted by Gasteiger charge is -2.13. The molecule has 0 bridgehead atoms. The van der Waals surface area contributed by atoms with Gasteiger partial charge >= 0.3 is 0 Å². The third-order valence-corrected chi connectivity index (χ3v) is 3.67. The number of rotatable bonds is 3. The lowest BCUT2D eigenvalue weighted by Crippen LogP contribution is -1.98. The maximum atomic E-state index is 6.12. The number of aromatic nitrogens is 1. The molecule has 19 heavy (non-hydrogen) atoms. The standard InChI is InChI=1S/C13H11BrCl2N2O/c1-7-3-11(12(19-2)5-9(7)15)18-13-10(16)4-8(14)6-17-13/h3-6H,1-2H3,(H,17,18). The number of benzene rings is 1. The van der Waals surface area contributed by atoms with E-state index < -0.39 is 0 Å². The summed E-state index contributed by atoms with van der Waals surface area (Å²) in [5.41, 5.74) is 1.71. The lowest BCUT2D eigenvalue weighted by molar-refractivity contribution is 0.416. The zero-order valence-electron chi connectivity index (χ0n) is 10.3. The average Bonchev–Trinajstić information content (AvgIpc) is 2.36. The first-order valence-electron chi connectivity index (χ1n) is 5.43. The van der Waals surface area contributed by atoms with E-state index in [4.69, 9.17) is 27.9 Å². The molecule has 1 aromatic heterocycles. The third-order valence-electron chi connectivity index (χ3n) is 2.54. The molecule has 2 rings (SSSR count). The van der Waals surface area contributed by atoms with Crippen molar-refractivity contribution in [2.24, 2.45) is 0 Å². The van der Waals surface area contributed by atoms with E-state index >= 15 is 0 Å². The predicted molar refractivity (Wildman–Crippen MR) is 83.0 cm³/mol. The van der Waals surface area contributed by atoms with E-state index in [-0.39, 0.29) is 0 Å². The Balaban J connectivity index is 2.40. The van der Waals surface area contributed by atoms with Gasteiger partial charge in [-0.1, -0.05) is 23.2 Å². The summed E-state index contributed by atoms with van der Waals surface area (Å²) < 4.78 is 6.11. The van der Waals surface area contributed by atoms with E-state index in [9.17, 15) is 0 Å². The van der Waals surface area contributed by atoms with Gasteiger partial charge in [0, 0.05) is 21.8 Å². The monoisotopic (exact) mass is 360 g/mol. The lowest BCUT2D eigenvalue weighted by atomic mass is 10.2. The number of nitrogens with zero attached hydrogens (tertiary/aromatic N) is 1. The van der Waals surface area contributed by atoms with Crippen molar-refractivity contribution in [2.75, 3.05) is 12.4 Å². The third kappa shape index (κ3) is 3.32. The highest BCUT2D eigenvalue weighted by atomic mass is 79.9. The minimum absolute atomic E-state index is 0.518. The number of hydrogen-bond donors (Lipinski definition) is 1. The maximum Gasteiger partial charge on any atom is 0.149 e. The summed E-state index contributed by atoms with van der Waals surface area (Å²) in [5, 5.41) is 4.31. The molecule has 0 aliphatic carbocycles. The van der Waals surface area contributed by atoms with E-state index in [1.807, 2.05) is 13.0 Å². The van der Waals surface area contributed by atoms with Crippen molar-refractivity contribution in [3.8, 4) is 5.75 Å².